The Kier molecular flexibility index (Phi) is 5.75. The molecule has 0 saturated heterocycles. The van der Waals surface area contributed by atoms with Crippen molar-refractivity contribution in [2.45, 2.75) is 32.6 Å². The monoisotopic (exact) mass is 340 g/mol. The average molecular weight is 340 g/mol. The van der Waals surface area contributed by atoms with Crippen LogP contribution in [0.3, 0.4) is 0 Å². The highest BCUT2D eigenvalue weighted by Gasteiger charge is 2.20. The fourth-order valence-corrected chi connectivity index (χ4v) is 2.65. The summed E-state index contributed by atoms with van der Waals surface area (Å²) < 4.78 is 65.4. The molecule has 1 atom stereocenters. The molecule has 2 rings (SSSR count). The molecule has 2 aromatic rings. The molecule has 0 amide bonds. The van der Waals surface area contributed by atoms with E-state index in [9.17, 15) is 22.0 Å². The molecule has 0 aliphatic heterocycles. The SMILES string of the molecule is CCCC(C)c1ccc(-c2cc(F)c(C(F)=C(F)F)c(F)c2)cc1. The summed E-state index contributed by atoms with van der Waals surface area (Å²) in [6, 6.07) is 8.84. The van der Waals surface area contributed by atoms with Gasteiger partial charge in [0, 0.05) is 0 Å². The summed E-state index contributed by atoms with van der Waals surface area (Å²) in [5.41, 5.74) is 0.450. The van der Waals surface area contributed by atoms with Crippen molar-refractivity contribution in [2.24, 2.45) is 0 Å². The quantitative estimate of drug-likeness (QED) is 0.511. The van der Waals surface area contributed by atoms with Crippen molar-refractivity contribution in [3.05, 3.63) is 65.2 Å². The van der Waals surface area contributed by atoms with E-state index in [4.69, 9.17) is 0 Å². The first-order chi connectivity index (χ1) is 11.3. The lowest BCUT2D eigenvalue weighted by Gasteiger charge is -2.12. The molecule has 2 aromatic carbocycles. The second-order valence-corrected chi connectivity index (χ2v) is 5.70. The number of halogens is 5. The summed E-state index contributed by atoms with van der Waals surface area (Å²) in [6.07, 6.45) is -0.683. The van der Waals surface area contributed by atoms with Gasteiger partial charge >= 0.3 is 6.08 Å². The number of hydrogen-bond donors (Lipinski definition) is 0. The van der Waals surface area contributed by atoms with Gasteiger partial charge in [0.2, 0.25) is 5.83 Å². The highest BCUT2D eigenvalue weighted by Crippen LogP contribution is 2.32. The van der Waals surface area contributed by atoms with E-state index in [0.29, 0.717) is 11.5 Å². The topological polar surface area (TPSA) is 0 Å². The van der Waals surface area contributed by atoms with E-state index >= 15 is 0 Å². The van der Waals surface area contributed by atoms with Gasteiger partial charge in [-0.1, -0.05) is 44.5 Å². The van der Waals surface area contributed by atoms with E-state index < -0.39 is 29.1 Å². The molecule has 5 heteroatoms. The van der Waals surface area contributed by atoms with Crippen molar-refractivity contribution in [3.63, 3.8) is 0 Å². The Morgan fingerprint density at radius 2 is 1.46 bits per heavy atom. The molecule has 0 nitrogen and oxygen atoms in total. The van der Waals surface area contributed by atoms with Gasteiger partial charge in [0.15, 0.2) is 0 Å². The molecule has 24 heavy (non-hydrogen) atoms. The molecule has 0 heterocycles. The van der Waals surface area contributed by atoms with E-state index in [1.54, 1.807) is 12.1 Å². The van der Waals surface area contributed by atoms with Crippen LogP contribution >= 0.6 is 0 Å². The lowest BCUT2D eigenvalue weighted by atomic mass is 9.94. The Bertz CT molecular complexity index is 720. The zero-order valence-corrected chi connectivity index (χ0v) is 13.3. The summed E-state index contributed by atoms with van der Waals surface area (Å²) in [6.45, 7) is 4.18. The molecular weight excluding hydrogens is 323 g/mol. The fourth-order valence-electron chi connectivity index (χ4n) is 2.65. The molecule has 0 fully saturated rings. The third-order valence-electron chi connectivity index (χ3n) is 3.96. The van der Waals surface area contributed by atoms with Gasteiger partial charge in [-0.3, -0.25) is 0 Å². The minimum atomic E-state index is -2.75. The maximum Gasteiger partial charge on any atom is 0.306 e. The summed E-state index contributed by atoms with van der Waals surface area (Å²) in [7, 11) is 0. The Morgan fingerprint density at radius 1 is 0.917 bits per heavy atom. The molecule has 0 aromatic heterocycles. The van der Waals surface area contributed by atoms with E-state index in [-0.39, 0.29) is 5.56 Å². The van der Waals surface area contributed by atoms with Crippen molar-refractivity contribution < 1.29 is 22.0 Å². The zero-order chi connectivity index (χ0) is 17.9. The smallest absolute Gasteiger partial charge is 0.206 e. The molecule has 0 bridgehead atoms. The first-order valence-electron chi connectivity index (χ1n) is 7.65. The normalized spacial score (nSPS) is 12.1. The van der Waals surface area contributed by atoms with Crippen molar-refractivity contribution in [1.29, 1.82) is 0 Å². The highest BCUT2D eigenvalue weighted by atomic mass is 19.3. The lowest BCUT2D eigenvalue weighted by molar-refractivity contribution is 0.407. The van der Waals surface area contributed by atoms with Gasteiger partial charge in [-0.05, 0) is 41.2 Å². The van der Waals surface area contributed by atoms with Crippen molar-refractivity contribution in [1.82, 2.24) is 0 Å². The van der Waals surface area contributed by atoms with Gasteiger partial charge in [0.05, 0.1) is 5.56 Å². The number of hydrogen-bond acceptors (Lipinski definition) is 0. The number of benzene rings is 2. The number of rotatable bonds is 5. The Labute approximate surface area is 137 Å². The lowest BCUT2D eigenvalue weighted by Crippen LogP contribution is -1.96. The van der Waals surface area contributed by atoms with E-state index in [0.717, 1.165) is 30.5 Å². The van der Waals surface area contributed by atoms with Crippen LogP contribution < -0.4 is 0 Å². The first-order valence-corrected chi connectivity index (χ1v) is 7.65. The van der Waals surface area contributed by atoms with Crippen LogP contribution in [-0.2, 0) is 0 Å². The second-order valence-electron chi connectivity index (χ2n) is 5.70. The minimum Gasteiger partial charge on any atom is -0.206 e. The summed E-state index contributed by atoms with van der Waals surface area (Å²) >= 11 is 0. The van der Waals surface area contributed by atoms with E-state index in [1.807, 2.05) is 12.1 Å². The Hall–Kier alpha value is -2.17. The van der Waals surface area contributed by atoms with Crippen LogP contribution in [-0.4, -0.2) is 0 Å². The van der Waals surface area contributed by atoms with Gasteiger partial charge in [-0.15, -0.1) is 0 Å². The molecule has 0 N–H and O–H groups in total. The predicted octanol–water partition coefficient (Wildman–Crippen LogP) is 7.07. The Morgan fingerprint density at radius 3 is 1.92 bits per heavy atom. The van der Waals surface area contributed by atoms with Crippen LogP contribution in [0.1, 0.15) is 43.7 Å². The molecule has 0 saturated carbocycles. The summed E-state index contributed by atoms with van der Waals surface area (Å²) in [4.78, 5) is 0. The van der Waals surface area contributed by atoms with Crippen molar-refractivity contribution in [2.75, 3.05) is 0 Å². The predicted molar refractivity (Wildman–Crippen MR) is 85.4 cm³/mol. The highest BCUT2D eigenvalue weighted by molar-refractivity contribution is 5.69. The Balaban J connectivity index is 2.39. The molecule has 0 aliphatic rings. The molecule has 0 aliphatic carbocycles. The van der Waals surface area contributed by atoms with Crippen molar-refractivity contribution >= 4 is 5.83 Å². The standard InChI is InChI=1S/C19H17F5/c1-3-4-11(2)12-5-7-13(8-6-12)14-9-15(20)17(16(21)10-14)18(22)19(23)24/h5-11H,3-4H2,1-2H3. The molecule has 0 radical (unpaired) electrons. The molecular formula is C19H17F5. The van der Waals surface area contributed by atoms with Crippen LogP contribution in [0.25, 0.3) is 17.0 Å². The third-order valence-corrected chi connectivity index (χ3v) is 3.96. The first kappa shape index (κ1) is 18.2. The second kappa shape index (κ2) is 7.60. The molecule has 128 valence electrons. The molecule has 1 unspecified atom stereocenters. The van der Waals surface area contributed by atoms with E-state index in [1.165, 1.54) is 0 Å². The van der Waals surface area contributed by atoms with Crippen molar-refractivity contribution in [3.8, 4) is 11.1 Å². The van der Waals surface area contributed by atoms with Crippen LogP contribution in [0.2, 0.25) is 0 Å². The summed E-state index contributed by atoms with van der Waals surface area (Å²) in [5.74, 6) is -4.54. The third kappa shape index (κ3) is 3.83. The fraction of sp³-hybridized carbons (Fsp3) is 0.263. The largest absolute Gasteiger partial charge is 0.306 e. The minimum absolute atomic E-state index is 0.163. The van der Waals surface area contributed by atoms with Crippen LogP contribution in [0.5, 0.6) is 0 Å². The maximum absolute atomic E-state index is 13.9. The zero-order valence-electron chi connectivity index (χ0n) is 13.3. The van der Waals surface area contributed by atoms with Crippen LogP contribution in [0.15, 0.2) is 42.5 Å². The van der Waals surface area contributed by atoms with Crippen LogP contribution in [0.4, 0.5) is 22.0 Å². The maximum atomic E-state index is 13.9. The van der Waals surface area contributed by atoms with Crippen LogP contribution in [0, 0.1) is 11.6 Å². The average Bonchev–Trinajstić information content (AvgIpc) is 2.54. The van der Waals surface area contributed by atoms with Gasteiger partial charge in [0.25, 0.3) is 0 Å². The summed E-state index contributed by atoms with van der Waals surface area (Å²) in [5, 5.41) is 0. The molecule has 0 spiro atoms. The van der Waals surface area contributed by atoms with Gasteiger partial charge in [-0.2, -0.15) is 8.78 Å². The van der Waals surface area contributed by atoms with Gasteiger partial charge in [-0.25, -0.2) is 13.2 Å². The van der Waals surface area contributed by atoms with E-state index in [2.05, 4.69) is 13.8 Å². The van der Waals surface area contributed by atoms with Gasteiger partial charge < -0.3 is 0 Å². The van der Waals surface area contributed by atoms with Gasteiger partial charge in [0.1, 0.15) is 11.6 Å².